The number of hydrogen-bond acceptors (Lipinski definition) is 14. The Labute approximate surface area is 212 Å². The number of nitro benzene ring substituents is 1. The average Bonchev–Trinajstić information content (AvgIpc) is 3.04. The molecule has 2 aliphatic rings. The van der Waals surface area contributed by atoms with Gasteiger partial charge in [0.15, 0.2) is 6.23 Å². The molecule has 2 unspecified atom stereocenters. The van der Waals surface area contributed by atoms with Gasteiger partial charge < -0.3 is 45.2 Å². The van der Waals surface area contributed by atoms with Crippen molar-refractivity contribution < 1.29 is 66.3 Å². The number of phosphoric acid groups is 3. The first-order valence-corrected chi connectivity index (χ1v) is 14.6. The summed E-state index contributed by atoms with van der Waals surface area (Å²) in [4.78, 5) is 51.6. The highest BCUT2D eigenvalue weighted by atomic mass is 31.3. The first-order chi connectivity index (χ1) is 17.5. The van der Waals surface area contributed by atoms with Gasteiger partial charge in [-0.05, 0) is 29.8 Å². The monoisotopic (exact) mass is 602 g/mol. The molecule has 1 fully saturated rings. The second-order valence-electron chi connectivity index (χ2n) is 7.54. The molecule has 210 valence electrons. The predicted octanol–water partition coefficient (Wildman–Crippen LogP) is -0.130. The summed E-state index contributed by atoms with van der Waals surface area (Å²) in [7, 11) is -16.9. The number of nitro groups is 1. The van der Waals surface area contributed by atoms with Crippen LogP contribution in [0.5, 0.6) is 0 Å². The lowest BCUT2D eigenvalue weighted by Gasteiger charge is -2.31. The molecule has 38 heavy (non-hydrogen) atoms. The topological polar surface area (TPSA) is 294 Å². The van der Waals surface area contributed by atoms with Gasteiger partial charge in [-0.25, -0.2) is 18.7 Å². The van der Waals surface area contributed by atoms with Gasteiger partial charge in [0, 0.05) is 18.3 Å². The minimum Gasteiger partial charge on any atom is -0.387 e. The third-order valence-electron chi connectivity index (χ3n) is 4.74. The van der Waals surface area contributed by atoms with E-state index >= 15 is 0 Å². The number of rotatable bonds is 10. The van der Waals surface area contributed by atoms with Gasteiger partial charge >= 0.3 is 23.5 Å². The van der Waals surface area contributed by atoms with E-state index in [2.05, 4.69) is 18.1 Å². The number of nitrogens with zero attached hydrogens (tertiary/aromatic N) is 3. The van der Waals surface area contributed by atoms with Crippen LogP contribution >= 0.6 is 23.5 Å². The fourth-order valence-corrected chi connectivity index (χ4v) is 6.22. The van der Waals surface area contributed by atoms with E-state index in [1.807, 2.05) is 0 Å². The van der Waals surface area contributed by atoms with Crippen molar-refractivity contribution >= 4 is 41.1 Å². The van der Waals surface area contributed by atoms with Crippen molar-refractivity contribution in [1.82, 2.24) is 4.90 Å². The first-order valence-electron chi connectivity index (χ1n) is 10.0. The van der Waals surface area contributed by atoms with Crippen molar-refractivity contribution in [3.63, 3.8) is 0 Å². The molecule has 0 aromatic heterocycles. The van der Waals surface area contributed by atoms with E-state index in [0.29, 0.717) is 5.56 Å². The Bertz CT molecular complexity index is 1300. The van der Waals surface area contributed by atoms with Gasteiger partial charge in [-0.15, -0.1) is 0 Å². The number of aliphatic hydroxyl groups excluding tert-OH is 2. The van der Waals surface area contributed by atoms with Crippen LogP contribution in [0.1, 0.15) is 5.56 Å². The molecule has 2 heterocycles. The van der Waals surface area contributed by atoms with E-state index in [1.54, 1.807) is 0 Å². The summed E-state index contributed by atoms with van der Waals surface area (Å²) in [5.74, 6) is 0.121. The lowest BCUT2D eigenvalue weighted by Crippen LogP contribution is -2.42. The van der Waals surface area contributed by atoms with Gasteiger partial charge in [0.1, 0.15) is 30.0 Å². The third-order valence-corrected chi connectivity index (χ3v) is 8.55. The number of aliphatic hydroxyl groups is 2. The molecule has 2 aliphatic heterocycles. The van der Waals surface area contributed by atoms with Crippen LogP contribution in [0.4, 0.5) is 5.69 Å². The largest absolute Gasteiger partial charge is 0.490 e. The molecule has 1 saturated heterocycles. The van der Waals surface area contributed by atoms with Gasteiger partial charge in [0.25, 0.3) is 5.69 Å². The molecular formula is C16H21N4O15P3. The van der Waals surface area contributed by atoms with Crippen LogP contribution in [0, 0.1) is 10.1 Å². The van der Waals surface area contributed by atoms with Crippen LogP contribution in [0.15, 0.2) is 47.4 Å². The highest BCUT2D eigenvalue weighted by Crippen LogP contribution is 2.66. The van der Waals surface area contributed by atoms with Gasteiger partial charge in [-0.3, -0.25) is 14.6 Å². The highest BCUT2D eigenvalue weighted by Gasteiger charge is 2.48. The van der Waals surface area contributed by atoms with E-state index in [-0.39, 0.29) is 17.3 Å². The minimum atomic E-state index is -5.76. The summed E-state index contributed by atoms with van der Waals surface area (Å²) >= 11 is 0. The quantitative estimate of drug-likeness (QED) is 0.104. The normalized spacial score (nSPS) is 28.1. The molecule has 1 aromatic rings. The Kier molecular flexibility index (Phi) is 9.07. The zero-order valence-electron chi connectivity index (χ0n) is 18.7. The van der Waals surface area contributed by atoms with Gasteiger partial charge in [-0.2, -0.15) is 8.62 Å². The zero-order valence-corrected chi connectivity index (χ0v) is 21.4. The van der Waals surface area contributed by atoms with Crippen molar-refractivity contribution in [3.8, 4) is 0 Å². The van der Waals surface area contributed by atoms with Gasteiger partial charge in [-0.1, -0.05) is 0 Å². The van der Waals surface area contributed by atoms with Crippen molar-refractivity contribution in [1.29, 1.82) is 0 Å². The third kappa shape index (κ3) is 8.08. The molecule has 0 spiro atoms. The number of hydrogen-bond donors (Lipinski definition) is 7. The number of amidine groups is 1. The molecule has 0 saturated carbocycles. The fourth-order valence-electron chi connectivity index (χ4n) is 3.19. The molecule has 1 aromatic carbocycles. The molecule has 0 aliphatic carbocycles. The lowest BCUT2D eigenvalue weighted by atomic mass is 10.1. The van der Waals surface area contributed by atoms with E-state index in [9.17, 15) is 43.8 Å². The van der Waals surface area contributed by atoms with Crippen molar-refractivity contribution in [2.24, 2.45) is 10.7 Å². The summed E-state index contributed by atoms with van der Waals surface area (Å²) in [6, 6.07) is 5.32. The van der Waals surface area contributed by atoms with Crippen LogP contribution in [0.3, 0.4) is 0 Å². The average molecular weight is 602 g/mol. The maximum absolute atomic E-state index is 11.9. The molecule has 0 radical (unpaired) electrons. The number of ether oxygens (including phenoxy) is 1. The number of phosphoric ester groups is 1. The first kappa shape index (κ1) is 30.2. The van der Waals surface area contributed by atoms with Crippen molar-refractivity contribution in [2.75, 3.05) is 6.61 Å². The maximum Gasteiger partial charge on any atom is 0.490 e. The molecule has 8 N–H and O–H groups in total. The smallest absolute Gasteiger partial charge is 0.387 e. The molecule has 19 nitrogen and oxygen atoms in total. The number of aliphatic imine (C=N–C) groups is 1. The lowest BCUT2D eigenvalue weighted by molar-refractivity contribution is -0.384. The molecule has 22 heteroatoms. The van der Waals surface area contributed by atoms with E-state index in [4.69, 9.17) is 20.3 Å². The van der Waals surface area contributed by atoms with E-state index in [0.717, 1.165) is 0 Å². The SMILES string of the molecule is NC1=N/C(=C\c2ccc([N+](=O)[O-])cc2)N([C@@H]2O[C@H](COP(=O)(O)OP(=O)(O)OP(=O)(O)O)[C@@H](O)[C@H]2O)C=C1. The minimum absolute atomic E-state index is 0.0478. The Morgan fingerprint density at radius 3 is 2.29 bits per heavy atom. The van der Waals surface area contributed by atoms with Crippen LogP contribution in [0.2, 0.25) is 0 Å². The van der Waals surface area contributed by atoms with Crippen LogP contribution in [-0.2, 0) is 31.6 Å². The van der Waals surface area contributed by atoms with Crippen LogP contribution < -0.4 is 5.73 Å². The second kappa shape index (κ2) is 11.4. The summed E-state index contributed by atoms with van der Waals surface area (Å²) in [6.07, 6.45) is -2.23. The zero-order chi connectivity index (χ0) is 28.5. The maximum atomic E-state index is 11.9. The molecule has 3 rings (SSSR count). The Hall–Kier alpha value is -2.34. The highest BCUT2D eigenvalue weighted by molar-refractivity contribution is 7.66. The van der Waals surface area contributed by atoms with Crippen molar-refractivity contribution in [2.45, 2.75) is 24.5 Å². The molecular weight excluding hydrogens is 581 g/mol. The summed E-state index contributed by atoms with van der Waals surface area (Å²) in [5, 5.41) is 31.7. The Morgan fingerprint density at radius 2 is 1.71 bits per heavy atom. The van der Waals surface area contributed by atoms with Crippen molar-refractivity contribution in [3.05, 3.63) is 58.0 Å². The molecule has 0 amide bonds. The number of non-ortho nitro benzene ring substituents is 1. The Morgan fingerprint density at radius 1 is 1.08 bits per heavy atom. The summed E-state index contributed by atoms with van der Waals surface area (Å²) in [5.41, 5.74) is 6.02. The predicted molar refractivity (Wildman–Crippen MR) is 124 cm³/mol. The standard InChI is InChI=1S/C16H21N4O15P3/c17-12-5-6-19(13(18-12)7-9-1-3-10(4-2-9)20(23)24)16-15(22)14(21)11(33-16)8-32-37(28,29)35-38(30,31)34-36(25,26)27/h1-7,11,14-16,21-22H,8H2,(H2,17,18)(H,28,29)(H,30,31)(H2,25,26,27)/b13-7+/t11-,14-,15-,16-/m1/s1. The fraction of sp³-hybridized carbons (Fsp3) is 0.312. The van der Waals surface area contributed by atoms with Gasteiger partial charge in [0.05, 0.1) is 11.5 Å². The van der Waals surface area contributed by atoms with E-state index in [1.165, 1.54) is 47.5 Å². The van der Waals surface area contributed by atoms with Gasteiger partial charge in [0.2, 0.25) is 0 Å². The van der Waals surface area contributed by atoms with Crippen LogP contribution in [0.25, 0.3) is 6.08 Å². The van der Waals surface area contributed by atoms with E-state index < -0.39 is 59.5 Å². The summed E-state index contributed by atoms with van der Waals surface area (Å²) < 4.78 is 51.3. The number of benzene rings is 1. The molecule has 6 atom stereocenters. The summed E-state index contributed by atoms with van der Waals surface area (Å²) in [6.45, 7) is -1.01. The second-order valence-corrected chi connectivity index (χ2v) is 12.0. The molecule has 0 bridgehead atoms. The Balaban J connectivity index is 1.73. The van der Waals surface area contributed by atoms with Crippen LogP contribution in [-0.4, -0.2) is 76.6 Å². The number of nitrogens with two attached hydrogens (primary N) is 1.